The predicted octanol–water partition coefficient (Wildman–Crippen LogP) is 0.132. The van der Waals surface area contributed by atoms with E-state index in [1.54, 1.807) is 31.4 Å². The average Bonchev–Trinajstić information content (AvgIpc) is 3.33. The molecule has 4 heterocycles. The monoisotopic (exact) mass is 509 g/mol. The van der Waals surface area contributed by atoms with Gasteiger partial charge in [0.1, 0.15) is 0 Å². The van der Waals surface area contributed by atoms with E-state index in [4.69, 9.17) is 5.11 Å². The van der Waals surface area contributed by atoms with Crippen molar-refractivity contribution in [2.45, 2.75) is 19.1 Å². The first-order chi connectivity index (χ1) is 17.6. The fourth-order valence-corrected chi connectivity index (χ4v) is 3.50. The van der Waals surface area contributed by atoms with Crippen LogP contribution in [-0.4, -0.2) is 75.3 Å². The molecule has 4 aromatic rings. The quantitative estimate of drug-likeness (QED) is 0.352. The molecule has 13 heteroatoms. The number of carboxylic acid groups (broad SMARTS) is 1. The van der Waals surface area contributed by atoms with Crippen molar-refractivity contribution >= 4 is 23.0 Å². The molecular formula is C24H27N7O6. The number of aromatic carboxylic acids is 1. The van der Waals surface area contributed by atoms with Crippen molar-refractivity contribution in [3.05, 3.63) is 87.3 Å². The maximum atomic E-state index is 12.4. The highest BCUT2D eigenvalue weighted by Crippen LogP contribution is 2.09. The highest BCUT2D eigenvalue weighted by molar-refractivity contribution is 5.93. The van der Waals surface area contributed by atoms with E-state index < -0.39 is 23.3 Å². The number of imidazole rings is 1. The SMILES string of the molecule is CN(CCC(O)Cn1cnc2c1c(=O)n(C)c(=O)n2C)C(=O)c1cccnc1.O=C(O)c1cccnc1. The molecule has 0 saturated heterocycles. The van der Waals surface area contributed by atoms with Crippen LogP contribution in [0.3, 0.4) is 0 Å². The number of carbonyl (C=O) groups excluding carboxylic acids is 1. The number of hydrogen-bond donors (Lipinski definition) is 2. The van der Waals surface area contributed by atoms with Gasteiger partial charge in [0.15, 0.2) is 11.2 Å². The van der Waals surface area contributed by atoms with E-state index >= 15 is 0 Å². The molecule has 2 N–H and O–H groups in total. The Morgan fingerprint density at radius 1 is 1.03 bits per heavy atom. The summed E-state index contributed by atoms with van der Waals surface area (Å²) < 4.78 is 3.83. The van der Waals surface area contributed by atoms with Crippen molar-refractivity contribution in [3.8, 4) is 0 Å². The fraction of sp³-hybridized carbons (Fsp3) is 0.292. The Labute approximate surface area is 210 Å². The molecule has 0 aliphatic carbocycles. The van der Waals surface area contributed by atoms with Crippen molar-refractivity contribution in [2.24, 2.45) is 14.1 Å². The number of nitrogens with zero attached hydrogens (tertiary/aromatic N) is 7. The van der Waals surface area contributed by atoms with Gasteiger partial charge in [-0.3, -0.25) is 28.7 Å². The van der Waals surface area contributed by atoms with Gasteiger partial charge in [0.2, 0.25) is 0 Å². The van der Waals surface area contributed by atoms with Crippen molar-refractivity contribution in [3.63, 3.8) is 0 Å². The maximum Gasteiger partial charge on any atom is 0.337 e. The molecule has 0 aliphatic rings. The third-order valence-electron chi connectivity index (χ3n) is 5.59. The smallest absolute Gasteiger partial charge is 0.337 e. The molecule has 0 spiro atoms. The van der Waals surface area contributed by atoms with Gasteiger partial charge in [-0.15, -0.1) is 0 Å². The lowest BCUT2D eigenvalue weighted by atomic mass is 10.2. The highest BCUT2D eigenvalue weighted by atomic mass is 16.4. The fourth-order valence-electron chi connectivity index (χ4n) is 3.50. The molecule has 0 radical (unpaired) electrons. The molecule has 4 rings (SSSR count). The Hall–Kier alpha value is -4.65. The number of aryl methyl sites for hydroxylation is 1. The lowest BCUT2D eigenvalue weighted by Gasteiger charge is -2.19. The van der Waals surface area contributed by atoms with Gasteiger partial charge in [-0.05, 0) is 30.7 Å². The molecule has 0 bridgehead atoms. The summed E-state index contributed by atoms with van der Waals surface area (Å²) in [5.74, 6) is -1.12. The molecule has 0 fully saturated rings. The largest absolute Gasteiger partial charge is 0.478 e. The molecule has 0 saturated carbocycles. The summed E-state index contributed by atoms with van der Waals surface area (Å²) in [5, 5.41) is 18.7. The number of aliphatic hydroxyl groups is 1. The van der Waals surface area contributed by atoms with Crippen LogP contribution in [-0.2, 0) is 20.6 Å². The van der Waals surface area contributed by atoms with Crippen LogP contribution in [0.2, 0.25) is 0 Å². The number of amides is 1. The first kappa shape index (κ1) is 26.9. The summed E-state index contributed by atoms with van der Waals surface area (Å²) in [5.41, 5.74) is 0.292. The van der Waals surface area contributed by atoms with Crippen molar-refractivity contribution < 1.29 is 19.8 Å². The van der Waals surface area contributed by atoms with Gasteiger partial charge in [-0.2, -0.15) is 0 Å². The third kappa shape index (κ3) is 6.32. The van der Waals surface area contributed by atoms with Crippen LogP contribution in [0.25, 0.3) is 11.2 Å². The minimum absolute atomic E-state index is 0.124. The van der Waals surface area contributed by atoms with E-state index in [1.807, 2.05) is 0 Å². The van der Waals surface area contributed by atoms with Crippen molar-refractivity contribution in [1.82, 2.24) is 33.6 Å². The van der Waals surface area contributed by atoms with Gasteiger partial charge in [-0.1, -0.05) is 0 Å². The number of carboxylic acids is 1. The van der Waals surface area contributed by atoms with Gasteiger partial charge in [0, 0.05) is 52.5 Å². The predicted molar refractivity (Wildman–Crippen MR) is 133 cm³/mol. The molecule has 37 heavy (non-hydrogen) atoms. The van der Waals surface area contributed by atoms with E-state index in [0.29, 0.717) is 18.5 Å². The Morgan fingerprint density at radius 3 is 2.19 bits per heavy atom. The summed E-state index contributed by atoms with van der Waals surface area (Å²) in [4.78, 5) is 60.1. The molecule has 0 aromatic carbocycles. The Morgan fingerprint density at radius 2 is 1.65 bits per heavy atom. The number of aliphatic hydroxyl groups excluding tert-OH is 1. The summed E-state index contributed by atoms with van der Waals surface area (Å²) in [7, 11) is 4.59. The average molecular weight is 510 g/mol. The molecule has 1 atom stereocenters. The normalized spacial score (nSPS) is 11.5. The first-order valence-corrected chi connectivity index (χ1v) is 11.2. The van der Waals surface area contributed by atoms with Gasteiger partial charge in [0.25, 0.3) is 11.5 Å². The second kappa shape index (κ2) is 11.9. The second-order valence-electron chi connectivity index (χ2n) is 8.23. The van der Waals surface area contributed by atoms with Gasteiger partial charge < -0.3 is 19.7 Å². The van der Waals surface area contributed by atoms with E-state index in [1.165, 1.54) is 59.1 Å². The molecule has 194 valence electrons. The third-order valence-corrected chi connectivity index (χ3v) is 5.59. The van der Waals surface area contributed by atoms with E-state index in [-0.39, 0.29) is 29.2 Å². The molecule has 13 nitrogen and oxygen atoms in total. The number of carbonyl (C=O) groups is 2. The minimum Gasteiger partial charge on any atom is -0.478 e. The van der Waals surface area contributed by atoms with Gasteiger partial charge in [0.05, 0.1) is 30.1 Å². The lowest BCUT2D eigenvalue weighted by molar-refractivity contribution is 0.0694. The molecule has 1 unspecified atom stereocenters. The summed E-state index contributed by atoms with van der Waals surface area (Å²) in [6, 6.07) is 6.45. The summed E-state index contributed by atoms with van der Waals surface area (Å²) in [6.45, 7) is 0.455. The zero-order chi connectivity index (χ0) is 27.1. The summed E-state index contributed by atoms with van der Waals surface area (Å²) in [6.07, 6.45) is 6.87. The van der Waals surface area contributed by atoms with E-state index in [9.17, 15) is 24.3 Å². The topological polar surface area (TPSA) is 165 Å². The van der Waals surface area contributed by atoms with E-state index in [2.05, 4.69) is 15.0 Å². The minimum atomic E-state index is -0.942. The highest BCUT2D eigenvalue weighted by Gasteiger charge is 2.18. The van der Waals surface area contributed by atoms with Crippen LogP contribution >= 0.6 is 0 Å². The maximum absolute atomic E-state index is 12.4. The second-order valence-corrected chi connectivity index (χ2v) is 8.23. The van der Waals surface area contributed by atoms with Crippen LogP contribution in [0.5, 0.6) is 0 Å². The number of fused-ring (bicyclic) bond motifs is 1. The van der Waals surface area contributed by atoms with Crippen LogP contribution in [0.15, 0.2) is 65.0 Å². The molecule has 4 aromatic heterocycles. The molecular weight excluding hydrogens is 482 g/mol. The van der Waals surface area contributed by atoms with Gasteiger partial charge in [-0.25, -0.2) is 14.6 Å². The van der Waals surface area contributed by atoms with Crippen molar-refractivity contribution in [1.29, 1.82) is 0 Å². The number of hydrogen-bond acceptors (Lipinski definition) is 8. The Kier molecular flexibility index (Phi) is 8.64. The van der Waals surface area contributed by atoms with Crippen LogP contribution in [0, 0.1) is 0 Å². The number of aromatic nitrogens is 6. The van der Waals surface area contributed by atoms with E-state index in [0.717, 1.165) is 4.57 Å². The zero-order valence-electron chi connectivity index (χ0n) is 20.6. The summed E-state index contributed by atoms with van der Waals surface area (Å²) >= 11 is 0. The van der Waals surface area contributed by atoms with Crippen LogP contribution in [0.1, 0.15) is 27.1 Å². The van der Waals surface area contributed by atoms with Crippen LogP contribution in [0.4, 0.5) is 0 Å². The first-order valence-electron chi connectivity index (χ1n) is 11.2. The number of rotatable bonds is 7. The Balaban J connectivity index is 0.000000356. The molecule has 0 aliphatic heterocycles. The van der Waals surface area contributed by atoms with Crippen LogP contribution < -0.4 is 11.2 Å². The zero-order valence-corrected chi connectivity index (χ0v) is 20.6. The number of pyridine rings is 2. The van der Waals surface area contributed by atoms with Gasteiger partial charge >= 0.3 is 11.7 Å². The standard InChI is InChI=1S/C18H22N6O4.C6H5NO2/c1-21(16(26)12-5-4-7-19-9-12)8-6-13(25)10-24-11-20-15-14(24)17(27)23(3)18(28)22(15)2;8-6(9)5-2-1-3-7-4-5/h4-5,7,9,11,13,25H,6,8,10H2,1-3H3;1-4H,(H,8,9). The lowest BCUT2D eigenvalue weighted by Crippen LogP contribution is -2.38. The Bertz CT molecular complexity index is 1500. The molecule has 1 amide bonds. The van der Waals surface area contributed by atoms with Crippen molar-refractivity contribution in [2.75, 3.05) is 13.6 Å².